The van der Waals surface area contributed by atoms with Gasteiger partial charge in [0.15, 0.2) is 0 Å². The van der Waals surface area contributed by atoms with Crippen LogP contribution >= 0.6 is 0 Å². The van der Waals surface area contributed by atoms with Crippen LogP contribution in [-0.2, 0) is 17.8 Å². The molecule has 0 spiro atoms. The first-order valence-electron chi connectivity index (χ1n) is 6.37. The van der Waals surface area contributed by atoms with Gasteiger partial charge in [-0.05, 0) is 18.8 Å². The van der Waals surface area contributed by atoms with E-state index in [1.54, 1.807) is 13.3 Å². The van der Waals surface area contributed by atoms with E-state index in [0.717, 1.165) is 12.4 Å². The van der Waals surface area contributed by atoms with Gasteiger partial charge >= 0.3 is 5.97 Å². The van der Waals surface area contributed by atoms with Crippen LogP contribution in [0.25, 0.3) is 0 Å². The second-order valence-electron chi connectivity index (χ2n) is 5.85. The second kappa shape index (κ2) is 5.50. The van der Waals surface area contributed by atoms with Gasteiger partial charge in [-0.1, -0.05) is 27.7 Å². The lowest BCUT2D eigenvalue weighted by molar-refractivity contribution is -0.150. The molecule has 5 heteroatoms. The average molecular weight is 253 g/mol. The number of hydrogen-bond donors (Lipinski definition) is 1. The van der Waals surface area contributed by atoms with Crippen molar-refractivity contribution in [2.75, 3.05) is 0 Å². The van der Waals surface area contributed by atoms with Crippen LogP contribution in [0.15, 0.2) is 6.33 Å². The Kier molecular flexibility index (Phi) is 4.48. The van der Waals surface area contributed by atoms with Crippen molar-refractivity contribution in [3.8, 4) is 0 Å². The van der Waals surface area contributed by atoms with Crippen molar-refractivity contribution in [1.82, 2.24) is 14.8 Å². The lowest BCUT2D eigenvalue weighted by Gasteiger charge is -2.28. The Morgan fingerprint density at radius 3 is 2.50 bits per heavy atom. The normalized spacial score (nSPS) is 15.1. The van der Waals surface area contributed by atoms with Crippen molar-refractivity contribution < 1.29 is 9.90 Å². The SMILES string of the molecule is CC(C)Cn1cnnc1CC(C)(C(=O)O)C(C)C. The highest BCUT2D eigenvalue weighted by atomic mass is 16.4. The molecule has 0 aliphatic heterocycles. The molecule has 102 valence electrons. The standard InChI is InChI=1S/C13H23N3O2/c1-9(2)7-16-8-14-15-11(16)6-13(5,10(3)4)12(17)18/h8-10H,6-7H2,1-5H3,(H,17,18). The maximum absolute atomic E-state index is 11.5. The Balaban J connectivity index is 2.95. The number of aliphatic carboxylic acids is 1. The fraction of sp³-hybridized carbons (Fsp3) is 0.769. The average Bonchev–Trinajstić information content (AvgIpc) is 2.63. The van der Waals surface area contributed by atoms with E-state index < -0.39 is 11.4 Å². The molecule has 0 aliphatic carbocycles. The van der Waals surface area contributed by atoms with Gasteiger partial charge in [-0.3, -0.25) is 4.79 Å². The lowest BCUT2D eigenvalue weighted by atomic mass is 9.76. The zero-order valence-electron chi connectivity index (χ0n) is 11.8. The van der Waals surface area contributed by atoms with Crippen LogP contribution in [0.5, 0.6) is 0 Å². The molecule has 0 amide bonds. The van der Waals surface area contributed by atoms with Gasteiger partial charge in [0.25, 0.3) is 0 Å². The number of carboxylic acids is 1. The van der Waals surface area contributed by atoms with E-state index in [9.17, 15) is 9.90 Å². The third kappa shape index (κ3) is 3.09. The highest BCUT2D eigenvalue weighted by molar-refractivity contribution is 5.74. The molecule has 0 radical (unpaired) electrons. The molecular weight excluding hydrogens is 230 g/mol. The minimum Gasteiger partial charge on any atom is -0.481 e. The van der Waals surface area contributed by atoms with Gasteiger partial charge in [0, 0.05) is 13.0 Å². The number of carboxylic acid groups (broad SMARTS) is 1. The van der Waals surface area contributed by atoms with Gasteiger partial charge in [0.1, 0.15) is 12.2 Å². The predicted octanol–water partition coefficient (Wildman–Crippen LogP) is 2.22. The lowest BCUT2D eigenvalue weighted by Crippen LogP contribution is -2.36. The summed E-state index contributed by atoms with van der Waals surface area (Å²) in [6, 6.07) is 0. The molecule has 0 aromatic carbocycles. The van der Waals surface area contributed by atoms with Crippen LogP contribution in [0.4, 0.5) is 0 Å². The monoisotopic (exact) mass is 253 g/mol. The highest BCUT2D eigenvalue weighted by Gasteiger charge is 2.38. The molecule has 0 saturated heterocycles. The summed E-state index contributed by atoms with van der Waals surface area (Å²) in [5.41, 5.74) is -0.804. The number of nitrogens with zero attached hydrogens (tertiary/aromatic N) is 3. The number of rotatable bonds is 6. The van der Waals surface area contributed by atoms with Crippen molar-refractivity contribution >= 4 is 5.97 Å². The number of aromatic nitrogens is 3. The largest absolute Gasteiger partial charge is 0.481 e. The second-order valence-corrected chi connectivity index (χ2v) is 5.85. The molecule has 1 heterocycles. The van der Waals surface area contributed by atoms with Crippen molar-refractivity contribution in [3.63, 3.8) is 0 Å². The van der Waals surface area contributed by atoms with Crippen LogP contribution in [0.1, 0.15) is 40.4 Å². The highest BCUT2D eigenvalue weighted by Crippen LogP contribution is 2.31. The zero-order valence-corrected chi connectivity index (χ0v) is 11.8. The first-order valence-corrected chi connectivity index (χ1v) is 6.37. The predicted molar refractivity (Wildman–Crippen MR) is 69.1 cm³/mol. The van der Waals surface area contributed by atoms with E-state index in [0.29, 0.717) is 12.3 Å². The van der Waals surface area contributed by atoms with E-state index in [4.69, 9.17) is 0 Å². The molecule has 0 aliphatic rings. The Hall–Kier alpha value is -1.39. The minimum absolute atomic E-state index is 0.0409. The summed E-state index contributed by atoms with van der Waals surface area (Å²) in [5, 5.41) is 17.4. The van der Waals surface area contributed by atoms with E-state index in [-0.39, 0.29) is 5.92 Å². The molecule has 1 aromatic rings. The van der Waals surface area contributed by atoms with E-state index in [2.05, 4.69) is 24.0 Å². The van der Waals surface area contributed by atoms with Gasteiger partial charge in [0.05, 0.1) is 5.41 Å². The smallest absolute Gasteiger partial charge is 0.310 e. The summed E-state index contributed by atoms with van der Waals surface area (Å²) >= 11 is 0. The summed E-state index contributed by atoms with van der Waals surface area (Å²) in [4.78, 5) is 11.5. The molecule has 1 aromatic heterocycles. The Morgan fingerprint density at radius 2 is 2.06 bits per heavy atom. The Labute approximate surface area is 108 Å². The Morgan fingerprint density at radius 1 is 1.44 bits per heavy atom. The van der Waals surface area contributed by atoms with Crippen molar-refractivity contribution in [2.24, 2.45) is 17.3 Å². The molecule has 0 saturated carbocycles. The molecule has 18 heavy (non-hydrogen) atoms. The fourth-order valence-corrected chi connectivity index (χ4v) is 1.82. The zero-order chi connectivity index (χ0) is 13.9. The molecule has 5 nitrogen and oxygen atoms in total. The van der Waals surface area contributed by atoms with Crippen LogP contribution < -0.4 is 0 Å². The summed E-state index contributed by atoms with van der Waals surface area (Å²) < 4.78 is 1.95. The van der Waals surface area contributed by atoms with Crippen LogP contribution in [0, 0.1) is 17.3 Å². The summed E-state index contributed by atoms with van der Waals surface area (Å²) in [7, 11) is 0. The van der Waals surface area contributed by atoms with Crippen molar-refractivity contribution in [3.05, 3.63) is 12.2 Å². The van der Waals surface area contributed by atoms with Gasteiger partial charge in [0.2, 0.25) is 0 Å². The van der Waals surface area contributed by atoms with Crippen LogP contribution in [0.3, 0.4) is 0 Å². The van der Waals surface area contributed by atoms with Gasteiger partial charge < -0.3 is 9.67 Å². The summed E-state index contributed by atoms with van der Waals surface area (Å²) in [6.07, 6.45) is 2.09. The third-order valence-corrected chi connectivity index (χ3v) is 3.55. The summed E-state index contributed by atoms with van der Waals surface area (Å²) in [5.74, 6) is 0.494. The quantitative estimate of drug-likeness (QED) is 0.844. The Bertz CT molecular complexity index is 412. The first-order chi connectivity index (χ1) is 8.27. The van der Waals surface area contributed by atoms with E-state index in [1.165, 1.54) is 0 Å². The topological polar surface area (TPSA) is 68.0 Å². The molecule has 1 unspecified atom stereocenters. The number of hydrogen-bond acceptors (Lipinski definition) is 3. The first kappa shape index (κ1) is 14.7. The molecule has 0 fully saturated rings. The van der Waals surface area contributed by atoms with E-state index >= 15 is 0 Å². The molecule has 1 rings (SSSR count). The van der Waals surface area contributed by atoms with Crippen LogP contribution in [-0.4, -0.2) is 25.8 Å². The van der Waals surface area contributed by atoms with Crippen molar-refractivity contribution in [2.45, 2.75) is 47.6 Å². The summed E-state index contributed by atoms with van der Waals surface area (Å²) in [6.45, 7) is 10.7. The van der Waals surface area contributed by atoms with E-state index in [1.807, 2.05) is 18.4 Å². The molecular formula is C13H23N3O2. The maximum atomic E-state index is 11.5. The van der Waals surface area contributed by atoms with Gasteiger partial charge in [-0.15, -0.1) is 10.2 Å². The van der Waals surface area contributed by atoms with Gasteiger partial charge in [-0.25, -0.2) is 0 Å². The van der Waals surface area contributed by atoms with Crippen LogP contribution in [0.2, 0.25) is 0 Å². The third-order valence-electron chi connectivity index (χ3n) is 3.55. The number of carbonyl (C=O) groups is 1. The fourth-order valence-electron chi connectivity index (χ4n) is 1.82. The molecule has 1 atom stereocenters. The van der Waals surface area contributed by atoms with Gasteiger partial charge in [-0.2, -0.15) is 0 Å². The maximum Gasteiger partial charge on any atom is 0.310 e. The minimum atomic E-state index is -0.804. The molecule has 1 N–H and O–H groups in total. The van der Waals surface area contributed by atoms with Crippen molar-refractivity contribution in [1.29, 1.82) is 0 Å². The molecule has 0 bridgehead atoms.